The van der Waals surface area contributed by atoms with E-state index >= 15 is 0 Å². The van der Waals surface area contributed by atoms with Gasteiger partial charge in [0.1, 0.15) is 12.2 Å². The van der Waals surface area contributed by atoms with Gasteiger partial charge in [0.2, 0.25) is 11.8 Å². The van der Waals surface area contributed by atoms with Crippen molar-refractivity contribution in [3.63, 3.8) is 0 Å². The number of rotatable bonds is 7. The third kappa shape index (κ3) is 5.32. The van der Waals surface area contributed by atoms with Crippen LogP contribution in [0.25, 0.3) is 0 Å². The van der Waals surface area contributed by atoms with E-state index in [9.17, 15) is 14.4 Å². The van der Waals surface area contributed by atoms with Gasteiger partial charge in [-0.05, 0) is 23.5 Å². The molecule has 2 saturated heterocycles. The minimum absolute atomic E-state index is 0.0339. The smallest absolute Gasteiger partial charge is 0.334 e. The second kappa shape index (κ2) is 10.9. The molecule has 0 bridgehead atoms. The van der Waals surface area contributed by atoms with Crippen molar-refractivity contribution >= 4 is 17.8 Å². The number of benzene rings is 2. The van der Waals surface area contributed by atoms with E-state index in [2.05, 4.69) is 24.4 Å². The molecule has 2 aliphatic heterocycles. The molecule has 0 spiro atoms. The molecule has 4 amide bonds. The molecule has 1 N–H and O–H groups in total. The highest BCUT2D eigenvalue weighted by atomic mass is 16.2. The van der Waals surface area contributed by atoms with Gasteiger partial charge in [0.15, 0.2) is 0 Å². The van der Waals surface area contributed by atoms with Gasteiger partial charge in [-0.1, -0.05) is 80.9 Å². The summed E-state index contributed by atoms with van der Waals surface area (Å²) in [7, 11) is 1.75. The number of likely N-dealkylation sites (N-methyl/N-ethyl adjacent to an activating group) is 1. The molecule has 0 radical (unpaired) electrons. The number of piperazine rings is 1. The summed E-state index contributed by atoms with van der Waals surface area (Å²) < 4.78 is 0. The Morgan fingerprint density at radius 3 is 2.37 bits per heavy atom. The van der Waals surface area contributed by atoms with Gasteiger partial charge in [0.05, 0.1) is 13.1 Å². The Hall–Kier alpha value is -3.39. The highest BCUT2D eigenvalue weighted by Gasteiger charge is 2.50. The van der Waals surface area contributed by atoms with Crippen LogP contribution in [0.5, 0.6) is 0 Å². The Morgan fingerprint density at radius 2 is 1.71 bits per heavy atom. The zero-order chi connectivity index (χ0) is 24.9. The molecule has 2 aromatic rings. The molecule has 35 heavy (non-hydrogen) atoms. The molecule has 2 aromatic carbocycles. The molecule has 186 valence electrons. The van der Waals surface area contributed by atoms with Gasteiger partial charge < -0.3 is 15.1 Å². The fraction of sp³-hybridized carbons (Fsp3) is 0.444. The highest BCUT2D eigenvalue weighted by Crippen LogP contribution is 2.29. The number of hydrogen-bond donors (Lipinski definition) is 1. The van der Waals surface area contributed by atoms with E-state index in [1.807, 2.05) is 60.4 Å². The van der Waals surface area contributed by atoms with Crippen LogP contribution in [-0.2, 0) is 16.1 Å². The molecule has 2 heterocycles. The van der Waals surface area contributed by atoms with Crippen LogP contribution in [0.4, 0.5) is 4.79 Å². The summed E-state index contributed by atoms with van der Waals surface area (Å²) in [6, 6.07) is 19.0. The van der Waals surface area contributed by atoms with E-state index in [0.717, 1.165) is 17.5 Å². The lowest BCUT2D eigenvalue weighted by Crippen LogP contribution is -2.76. The van der Waals surface area contributed by atoms with E-state index in [1.54, 1.807) is 22.0 Å². The van der Waals surface area contributed by atoms with Gasteiger partial charge in [0, 0.05) is 20.1 Å². The fourth-order valence-electron chi connectivity index (χ4n) is 5.09. The first kappa shape index (κ1) is 24.7. The predicted molar refractivity (Wildman–Crippen MR) is 134 cm³/mol. The number of carbonyl (C=O) groups excluding carboxylic acids is 3. The largest absolute Gasteiger partial charge is 0.336 e. The average molecular weight is 478 g/mol. The summed E-state index contributed by atoms with van der Waals surface area (Å²) >= 11 is 0. The van der Waals surface area contributed by atoms with Crippen molar-refractivity contribution in [2.75, 3.05) is 26.7 Å². The first-order valence-corrected chi connectivity index (χ1v) is 12.4. The van der Waals surface area contributed by atoms with Gasteiger partial charge in [-0.15, -0.1) is 0 Å². The van der Waals surface area contributed by atoms with Crippen LogP contribution in [-0.4, -0.2) is 76.6 Å². The predicted octanol–water partition coefficient (Wildman–Crippen LogP) is 3.03. The van der Waals surface area contributed by atoms with Crippen molar-refractivity contribution in [2.45, 2.75) is 51.4 Å². The summed E-state index contributed by atoms with van der Waals surface area (Å²) in [6.45, 7) is 5.38. The number of fused-ring (bicyclic) bond motifs is 1. The average Bonchev–Trinajstić information content (AvgIpc) is 2.86. The lowest BCUT2D eigenvalue weighted by atomic mass is 9.97. The maximum absolute atomic E-state index is 13.6. The van der Waals surface area contributed by atoms with Crippen molar-refractivity contribution in [3.8, 4) is 0 Å². The quantitative estimate of drug-likeness (QED) is 0.665. The molecular formula is C27H35N5O3. The van der Waals surface area contributed by atoms with Crippen molar-refractivity contribution < 1.29 is 14.4 Å². The number of hydrogen-bond acceptors (Lipinski definition) is 4. The van der Waals surface area contributed by atoms with Crippen molar-refractivity contribution in [1.82, 2.24) is 25.1 Å². The van der Waals surface area contributed by atoms with Crippen LogP contribution in [0.3, 0.4) is 0 Å². The molecule has 0 aliphatic carbocycles. The highest BCUT2D eigenvalue weighted by molar-refractivity contribution is 5.91. The first-order chi connectivity index (χ1) is 16.9. The van der Waals surface area contributed by atoms with Crippen LogP contribution in [0.2, 0.25) is 0 Å². The van der Waals surface area contributed by atoms with Crippen LogP contribution in [0, 0.1) is 0 Å². The third-order valence-electron chi connectivity index (χ3n) is 6.86. The van der Waals surface area contributed by atoms with E-state index in [-0.39, 0.29) is 36.9 Å². The lowest BCUT2D eigenvalue weighted by molar-refractivity contribution is -0.187. The lowest BCUT2D eigenvalue weighted by Gasteiger charge is -2.54. The van der Waals surface area contributed by atoms with Gasteiger partial charge >= 0.3 is 6.03 Å². The van der Waals surface area contributed by atoms with E-state index in [0.29, 0.717) is 19.5 Å². The summed E-state index contributed by atoms with van der Waals surface area (Å²) in [5, 5.41) is 6.27. The van der Waals surface area contributed by atoms with Crippen LogP contribution < -0.4 is 5.32 Å². The van der Waals surface area contributed by atoms with Crippen LogP contribution >= 0.6 is 0 Å². The summed E-state index contributed by atoms with van der Waals surface area (Å²) in [5.41, 5.74) is 2.15. The molecular weight excluding hydrogens is 442 g/mol. The first-order valence-electron chi connectivity index (χ1n) is 12.4. The summed E-state index contributed by atoms with van der Waals surface area (Å²) in [6.07, 6.45) is 0.792. The Bertz CT molecular complexity index is 1030. The van der Waals surface area contributed by atoms with Gasteiger partial charge in [-0.2, -0.15) is 0 Å². The van der Waals surface area contributed by atoms with E-state index in [4.69, 9.17) is 0 Å². The standard InChI is InChI=1S/C27H35N5O3/c1-4-11-23-26(34)30(17-20(2)22-14-9-6-10-15-22)18-24-31(23)25(33)19-29(3)32(24)27(35)28-16-21-12-7-5-8-13-21/h5-10,12-15,20,23-24H,4,11,16-19H2,1-3H3,(H,28,35)/t20?,23-,24-/m0/s1. The minimum atomic E-state index is -0.563. The van der Waals surface area contributed by atoms with Crippen molar-refractivity contribution in [1.29, 1.82) is 0 Å². The Morgan fingerprint density at radius 1 is 1.06 bits per heavy atom. The molecule has 3 atom stereocenters. The number of nitrogens with one attached hydrogen (secondary N) is 1. The summed E-state index contributed by atoms with van der Waals surface area (Å²) in [5.74, 6) is -0.0213. The monoisotopic (exact) mass is 477 g/mol. The molecule has 0 aromatic heterocycles. The Kier molecular flexibility index (Phi) is 7.70. The van der Waals surface area contributed by atoms with Crippen LogP contribution in [0.1, 0.15) is 43.7 Å². The maximum atomic E-state index is 13.6. The van der Waals surface area contributed by atoms with Gasteiger partial charge in [-0.3, -0.25) is 9.59 Å². The third-order valence-corrected chi connectivity index (χ3v) is 6.86. The number of carbonyl (C=O) groups is 3. The van der Waals surface area contributed by atoms with E-state index in [1.165, 1.54) is 0 Å². The second-order valence-corrected chi connectivity index (χ2v) is 9.45. The Balaban J connectivity index is 1.57. The zero-order valence-corrected chi connectivity index (χ0v) is 20.8. The zero-order valence-electron chi connectivity index (χ0n) is 20.8. The number of hydrazine groups is 1. The normalized spacial score (nSPS) is 21.6. The molecule has 0 saturated carbocycles. The SMILES string of the molecule is CCC[C@H]1C(=O)N(CC(C)c2ccccc2)C[C@H]2N1C(=O)CN(C)N2C(=O)NCc1ccccc1. The topological polar surface area (TPSA) is 76.2 Å². The van der Waals surface area contributed by atoms with Crippen LogP contribution in [0.15, 0.2) is 60.7 Å². The Labute approximate surface area is 207 Å². The fourth-order valence-corrected chi connectivity index (χ4v) is 5.09. The number of nitrogens with zero attached hydrogens (tertiary/aromatic N) is 4. The molecule has 8 nitrogen and oxygen atoms in total. The summed E-state index contributed by atoms with van der Waals surface area (Å²) in [4.78, 5) is 43.5. The minimum Gasteiger partial charge on any atom is -0.336 e. The molecule has 2 fully saturated rings. The number of amides is 4. The molecule has 2 aliphatic rings. The molecule has 8 heteroatoms. The van der Waals surface area contributed by atoms with Gasteiger partial charge in [0.25, 0.3) is 0 Å². The van der Waals surface area contributed by atoms with Gasteiger partial charge in [-0.25, -0.2) is 14.8 Å². The van der Waals surface area contributed by atoms with Crippen molar-refractivity contribution in [3.05, 3.63) is 71.8 Å². The second-order valence-electron chi connectivity index (χ2n) is 9.45. The number of urea groups is 1. The molecule has 1 unspecified atom stereocenters. The maximum Gasteiger partial charge on any atom is 0.334 e. The van der Waals surface area contributed by atoms with Crippen molar-refractivity contribution in [2.24, 2.45) is 0 Å². The molecule has 4 rings (SSSR count). The van der Waals surface area contributed by atoms with E-state index < -0.39 is 12.2 Å².